The summed E-state index contributed by atoms with van der Waals surface area (Å²) in [5.74, 6) is 0.970. The number of aromatic nitrogens is 2. The van der Waals surface area contributed by atoms with E-state index in [0.717, 1.165) is 24.3 Å². The van der Waals surface area contributed by atoms with E-state index in [1.54, 1.807) is 12.3 Å². The maximum Gasteiger partial charge on any atom is 0.270 e. The summed E-state index contributed by atoms with van der Waals surface area (Å²) in [5, 5.41) is 6.26. The van der Waals surface area contributed by atoms with E-state index in [4.69, 9.17) is 4.74 Å². The van der Waals surface area contributed by atoms with Crippen LogP contribution in [0.5, 0.6) is 5.75 Å². The van der Waals surface area contributed by atoms with Crippen molar-refractivity contribution in [1.29, 1.82) is 0 Å². The molecule has 6 nitrogen and oxygen atoms in total. The lowest BCUT2D eigenvalue weighted by atomic mass is 10.1. The molecular weight excluding hydrogens is 328 g/mol. The number of carbonyl (C=O) groups is 1. The lowest BCUT2D eigenvalue weighted by Gasteiger charge is -2.16. The normalized spacial score (nSPS) is 15.1. The highest BCUT2D eigenvalue weighted by Crippen LogP contribution is 2.26. The third-order valence-electron chi connectivity index (χ3n) is 4.51. The Morgan fingerprint density at radius 3 is 2.69 bits per heavy atom. The van der Waals surface area contributed by atoms with E-state index in [1.165, 1.54) is 25.7 Å². The van der Waals surface area contributed by atoms with Crippen molar-refractivity contribution in [2.24, 2.45) is 0 Å². The van der Waals surface area contributed by atoms with Crippen LogP contribution in [0.15, 0.2) is 36.5 Å². The second-order valence-corrected chi connectivity index (χ2v) is 6.48. The molecule has 138 valence electrons. The predicted octanol–water partition coefficient (Wildman–Crippen LogP) is 4.07. The zero-order valence-electron chi connectivity index (χ0n) is 15.2. The topological polar surface area (TPSA) is 76.1 Å². The minimum absolute atomic E-state index is 0.138. The fourth-order valence-corrected chi connectivity index (χ4v) is 3.20. The molecule has 1 amide bonds. The molecule has 0 unspecified atom stereocenters. The molecule has 1 aromatic heterocycles. The van der Waals surface area contributed by atoms with Crippen LogP contribution in [0.3, 0.4) is 0 Å². The van der Waals surface area contributed by atoms with Gasteiger partial charge in [0.1, 0.15) is 11.4 Å². The number of carbonyl (C=O) groups excluding carboxylic acids is 1. The van der Waals surface area contributed by atoms with Gasteiger partial charge in [-0.1, -0.05) is 37.8 Å². The summed E-state index contributed by atoms with van der Waals surface area (Å²) in [7, 11) is 0. The number of nitrogens with one attached hydrogen (secondary N) is 2. The second kappa shape index (κ2) is 9.17. The molecule has 1 aliphatic carbocycles. The summed E-state index contributed by atoms with van der Waals surface area (Å²) in [6, 6.07) is 9.49. The van der Waals surface area contributed by atoms with E-state index in [1.807, 2.05) is 31.2 Å². The smallest absolute Gasteiger partial charge is 0.270 e. The van der Waals surface area contributed by atoms with E-state index in [0.29, 0.717) is 18.2 Å². The molecule has 0 bridgehead atoms. The number of hydrogen-bond donors (Lipinski definition) is 2. The SMILES string of the molecule is CCOc1ccccc1Nc1nccc(C(=O)NC2CCCCCC2)n1. The molecule has 1 fully saturated rings. The molecule has 0 spiro atoms. The van der Waals surface area contributed by atoms with Gasteiger partial charge < -0.3 is 15.4 Å². The fraction of sp³-hybridized carbons (Fsp3) is 0.450. The van der Waals surface area contributed by atoms with Crippen LogP contribution in [0.1, 0.15) is 55.9 Å². The van der Waals surface area contributed by atoms with Crippen molar-refractivity contribution in [3.8, 4) is 5.75 Å². The monoisotopic (exact) mass is 354 g/mol. The molecule has 0 saturated heterocycles. The number of rotatable bonds is 6. The van der Waals surface area contributed by atoms with E-state index in [9.17, 15) is 4.79 Å². The largest absolute Gasteiger partial charge is 0.492 e. The molecule has 0 aliphatic heterocycles. The molecule has 3 rings (SSSR count). The zero-order chi connectivity index (χ0) is 18.2. The molecule has 0 atom stereocenters. The van der Waals surface area contributed by atoms with Gasteiger partial charge in [-0.05, 0) is 38.0 Å². The Morgan fingerprint density at radius 1 is 1.15 bits per heavy atom. The Morgan fingerprint density at radius 2 is 1.92 bits per heavy atom. The molecule has 2 aromatic rings. The van der Waals surface area contributed by atoms with Gasteiger partial charge in [0, 0.05) is 12.2 Å². The first kappa shape index (κ1) is 18.2. The lowest BCUT2D eigenvalue weighted by Crippen LogP contribution is -2.35. The Bertz CT molecular complexity index is 727. The summed E-state index contributed by atoms with van der Waals surface area (Å²) >= 11 is 0. The molecule has 1 aliphatic rings. The van der Waals surface area contributed by atoms with Crippen molar-refractivity contribution >= 4 is 17.5 Å². The summed E-state index contributed by atoms with van der Waals surface area (Å²) in [5.41, 5.74) is 1.15. The lowest BCUT2D eigenvalue weighted by molar-refractivity contribution is 0.0928. The van der Waals surface area contributed by atoms with Gasteiger partial charge in [0.25, 0.3) is 5.91 Å². The quantitative estimate of drug-likeness (QED) is 0.765. The number of para-hydroxylation sites is 2. The number of nitrogens with zero attached hydrogens (tertiary/aromatic N) is 2. The van der Waals surface area contributed by atoms with Crippen LogP contribution in [0.4, 0.5) is 11.6 Å². The van der Waals surface area contributed by atoms with Crippen molar-refractivity contribution in [3.05, 3.63) is 42.2 Å². The molecule has 1 aromatic carbocycles. The average Bonchev–Trinajstić information content (AvgIpc) is 2.92. The van der Waals surface area contributed by atoms with Crippen molar-refractivity contribution in [2.75, 3.05) is 11.9 Å². The first-order valence-corrected chi connectivity index (χ1v) is 9.39. The van der Waals surface area contributed by atoms with Crippen LogP contribution in [-0.4, -0.2) is 28.5 Å². The number of ether oxygens (including phenoxy) is 1. The van der Waals surface area contributed by atoms with Crippen LogP contribution >= 0.6 is 0 Å². The molecule has 1 saturated carbocycles. The summed E-state index contributed by atoms with van der Waals surface area (Å²) in [6.45, 7) is 2.51. The van der Waals surface area contributed by atoms with Gasteiger partial charge in [0.05, 0.1) is 12.3 Å². The van der Waals surface area contributed by atoms with E-state index in [2.05, 4.69) is 20.6 Å². The Kier molecular flexibility index (Phi) is 6.41. The molecule has 2 N–H and O–H groups in total. The van der Waals surface area contributed by atoms with Crippen LogP contribution in [0, 0.1) is 0 Å². The maximum atomic E-state index is 12.5. The van der Waals surface area contributed by atoms with Gasteiger partial charge in [-0.15, -0.1) is 0 Å². The Labute approximate surface area is 154 Å². The maximum absolute atomic E-state index is 12.5. The average molecular weight is 354 g/mol. The fourth-order valence-electron chi connectivity index (χ4n) is 3.20. The number of benzene rings is 1. The highest BCUT2D eigenvalue weighted by molar-refractivity contribution is 5.92. The zero-order valence-corrected chi connectivity index (χ0v) is 15.2. The Balaban J connectivity index is 1.69. The van der Waals surface area contributed by atoms with E-state index >= 15 is 0 Å². The number of anilines is 2. The molecular formula is C20H26N4O2. The van der Waals surface area contributed by atoms with E-state index in [-0.39, 0.29) is 11.9 Å². The number of hydrogen-bond acceptors (Lipinski definition) is 5. The van der Waals surface area contributed by atoms with Crippen LogP contribution in [-0.2, 0) is 0 Å². The minimum Gasteiger partial charge on any atom is -0.492 e. The second-order valence-electron chi connectivity index (χ2n) is 6.48. The molecule has 1 heterocycles. The van der Waals surface area contributed by atoms with Gasteiger partial charge in [-0.25, -0.2) is 9.97 Å². The van der Waals surface area contributed by atoms with Crippen LogP contribution in [0.25, 0.3) is 0 Å². The van der Waals surface area contributed by atoms with Gasteiger partial charge in [0.2, 0.25) is 5.95 Å². The summed E-state index contributed by atoms with van der Waals surface area (Å²) in [6.07, 6.45) is 8.56. The third kappa shape index (κ3) is 4.94. The predicted molar refractivity (Wildman–Crippen MR) is 102 cm³/mol. The summed E-state index contributed by atoms with van der Waals surface area (Å²) < 4.78 is 5.60. The Hall–Kier alpha value is -2.63. The highest BCUT2D eigenvalue weighted by Gasteiger charge is 2.17. The van der Waals surface area contributed by atoms with Crippen LogP contribution < -0.4 is 15.4 Å². The van der Waals surface area contributed by atoms with Crippen molar-refractivity contribution in [1.82, 2.24) is 15.3 Å². The first-order chi connectivity index (χ1) is 12.8. The summed E-state index contributed by atoms with van der Waals surface area (Å²) in [4.78, 5) is 21.1. The molecule has 6 heteroatoms. The van der Waals surface area contributed by atoms with Crippen LogP contribution in [0.2, 0.25) is 0 Å². The first-order valence-electron chi connectivity index (χ1n) is 9.39. The third-order valence-corrected chi connectivity index (χ3v) is 4.51. The van der Waals surface area contributed by atoms with Crippen molar-refractivity contribution < 1.29 is 9.53 Å². The molecule has 0 radical (unpaired) electrons. The minimum atomic E-state index is -0.138. The standard InChI is InChI=1S/C20H26N4O2/c1-2-26-18-12-8-7-11-16(18)23-20-21-14-13-17(24-20)19(25)22-15-9-5-3-4-6-10-15/h7-8,11-15H,2-6,9-10H2,1H3,(H,22,25)(H,21,23,24). The molecule has 26 heavy (non-hydrogen) atoms. The van der Waals surface area contributed by atoms with Gasteiger partial charge in [-0.3, -0.25) is 4.79 Å². The van der Waals surface area contributed by atoms with Gasteiger partial charge in [0.15, 0.2) is 0 Å². The van der Waals surface area contributed by atoms with Gasteiger partial charge in [-0.2, -0.15) is 0 Å². The highest BCUT2D eigenvalue weighted by atomic mass is 16.5. The van der Waals surface area contributed by atoms with E-state index < -0.39 is 0 Å². The van der Waals surface area contributed by atoms with Crippen molar-refractivity contribution in [2.45, 2.75) is 51.5 Å². The number of amides is 1. The van der Waals surface area contributed by atoms with Gasteiger partial charge >= 0.3 is 0 Å². The van der Waals surface area contributed by atoms with Crippen molar-refractivity contribution in [3.63, 3.8) is 0 Å².